The third-order valence-electron chi connectivity index (χ3n) is 3.69. The third-order valence-corrected chi connectivity index (χ3v) is 6.63. The van der Waals surface area contributed by atoms with E-state index >= 15 is 0 Å². The maximum atomic E-state index is 13.0. The highest BCUT2D eigenvalue weighted by Crippen LogP contribution is 2.42. The molecule has 20 heavy (non-hydrogen) atoms. The Hall–Kier alpha value is -1.24. The highest BCUT2D eigenvalue weighted by atomic mass is 32.2. The van der Waals surface area contributed by atoms with Crippen molar-refractivity contribution >= 4 is 21.4 Å². The molecule has 1 heterocycles. The van der Waals surface area contributed by atoms with Crippen molar-refractivity contribution in [1.29, 1.82) is 0 Å². The Kier molecular flexibility index (Phi) is 3.40. The van der Waals surface area contributed by atoms with Gasteiger partial charge in [0.2, 0.25) is 0 Å². The monoisotopic (exact) mass is 311 g/mol. The van der Waals surface area contributed by atoms with Crippen LogP contribution in [0.1, 0.15) is 24.8 Å². The van der Waals surface area contributed by atoms with Crippen LogP contribution in [-0.2, 0) is 15.6 Å². The molecular formula is C14H14FNO2S2. The first-order valence-electron chi connectivity index (χ1n) is 6.35. The fourth-order valence-electron chi connectivity index (χ4n) is 2.47. The Balaban J connectivity index is 1.93. The molecule has 0 spiro atoms. The summed E-state index contributed by atoms with van der Waals surface area (Å²) >= 11 is 1.19. The Bertz CT molecular complexity index is 689. The minimum absolute atomic E-state index is 0.311. The molecule has 1 aliphatic rings. The number of sulfonamides is 1. The molecule has 106 valence electrons. The lowest BCUT2D eigenvalue weighted by molar-refractivity contribution is 0.224. The van der Waals surface area contributed by atoms with Crippen molar-refractivity contribution in [1.82, 2.24) is 4.72 Å². The first-order valence-corrected chi connectivity index (χ1v) is 8.72. The van der Waals surface area contributed by atoms with Gasteiger partial charge in [-0.2, -0.15) is 4.72 Å². The van der Waals surface area contributed by atoms with E-state index in [1.54, 1.807) is 29.6 Å². The van der Waals surface area contributed by atoms with E-state index < -0.39 is 15.6 Å². The standard InChI is InChI=1S/C14H14FNO2S2/c15-12-6-4-11(5-7-12)14(8-2-9-14)16-20(17,18)13-3-1-10-19-13/h1,3-7,10,16H,2,8-9H2. The van der Waals surface area contributed by atoms with Crippen LogP contribution in [0, 0.1) is 5.82 Å². The molecule has 1 fully saturated rings. The summed E-state index contributed by atoms with van der Waals surface area (Å²) in [5.74, 6) is -0.315. The lowest BCUT2D eigenvalue weighted by atomic mass is 9.73. The summed E-state index contributed by atoms with van der Waals surface area (Å²) in [6.45, 7) is 0. The van der Waals surface area contributed by atoms with Gasteiger partial charge in [-0.15, -0.1) is 11.3 Å². The summed E-state index contributed by atoms with van der Waals surface area (Å²) < 4.78 is 40.9. The molecule has 2 aromatic rings. The number of hydrogen-bond acceptors (Lipinski definition) is 3. The lowest BCUT2D eigenvalue weighted by Gasteiger charge is -2.42. The summed E-state index contributed by atoms with van der Waals surface area (Å²) in [5.41, 5.74) is 0.238. The van der Waals surface area contributed by atoms with Crippen LogP contribution in [0.5, 0.6) is 0 Å². The summed E-state index contributed by atoms with van der Waals surface area (Å²) in [4.78, 5) is 0. The van der Waals surface area contributed by atoms with Gasteiger partial charge in [0.1, 0.15) is 10.0 Å². The van der Waals surface area contributed by atoms with Crippen molar-refractivity contribution < 1.29 is 12.8 Å². The first kappa shape index (κ1) is 13.7. The van der Waals surface area contributed by atoms with Crippen molar-refractivity contribution in [2.45, 2.75) is 29.0 Å². The molecule has 0 amide bonds. The zero-order valence-corrected chi connectivity index (χ0v) is 12.3. The van der Waals surface area contributed by atoms with E-state index in [9.17, 15) is 12.8 Å². The van der Waals surface area contributed by atoms with Crippen LogP contribution in [0.2, 0.25) is 0 Å². The van der Waals surface area contributed by atoms with Gasteiger partial charge in [-0.3, -0.25) is 0 Å². The molecular weight excluding hydrogens is 297 g/mol. The zero-order valence-electron chi connectivity index (χ0n) is 10.7. The quantitative estimate of drug-likeness (QED) is 0.942. The van der Waals surface area contributed by atoms with E-state index in [0.29, 0.717) is 4.21 Å². The van der Waals surface area contributed by atoms with Crippen LogP contribution in [0.15, 0.2) is 46.0 Å². The summed E-state index contributed by atoms with van der Waals surface area (Å²) in [7, 11) is -3.52. The molecule has 0 aliphatic heterocycles. The predicted molar refractivity (Wildman–Crippen MR) is 76.6 cm³/mol. The summed E-state index contributed by atoms with van der Waals surface area (Å²) in [6, 6.07) is 9.36. The van der Waals surface area contributed by atoms with Gasteiger partial charge >= 0.3 is 0 Å². The Morgan fingerprint density at radius 2 is 1.85 bits per heavy atom. The van der Waals surface area contributed by atoms with E-state index in [-0.39, 0.29) is 5.82 Å². The van der Waals surface area contributed by atoms with Gasteiger partial charge in [-0.05, 0) is 48.4 Å². The van der Waals surface area contributed by atoms with E-state index in [2.05, 4.69) is 4.72 Å². The third kappa shape index (κ3) is 2.39. The maximum Gasteiger partial charge on any atom is 0.250 e. The molecule has 0 radical (unpaired) electrons. The smallest absolute Gasteiger partial charge is 0.207 e. The number of nitrogens with one attached hydrogen (secondary N) is 1. The molecule has 1 N–H and O–H groups in total. The second kappa shape index (κ2) is 4.95. The fraction of sp³-hybridized carbons (Fsp3) is 0.286. The van der Waals surface area contributed by atoms with Crippen LogP contribution in [0.4, 0.5) is 4.39 Å². The minimum Gasteiger partial charge on any atom is -0.207 e. The topological polar surface area (TPSA) is 46.2 Å². The van der Waals surface area contributed by atoms with Gasteiger partial charge in [0.25, 0.3) is 10.0 Å². The number of thiophene rings is 1. The van der Waals surface area contributed by atoms with E-state index in [0.717, 1.165) is 24.8 Å². The highest BCUT2D eigenvalue weighted by molar-refractivity contribution is 7.91. The average Bonchev–Trinajstić information content (AvgIpc) is 2.90. The molecule has 1 saturated carbocycles. The van der Waals surface area contributed by atoms with E-state index in [1.807, 2.05) is 0 Å². The molecule has 1 aromatic carbocycles. The molecule has 3 rings (SSSR count). The normalized spacial score (nSPS) is 17.6. The average molecular weight is 311 g/mol. The maximum absolute atomic E-state index is 13.0. The first-order chi connectivity index (χ1) is 9.52. The predicted octanol–water partition coefficient (Wildman–Crippen LogP) is 3.24. The van der Waals surface area contributed by atoms with Gasteiger partial charge < -0.3 is 0 Å². The molecule has 1 aromatic heterocycles. The van der Waals surface area contributed by atoms with Gasteiger partial charge in [0.05, 0.1) is 5.54 Å². The minimum atomic E-state index is -3.52. The number of hydrogen-bond donors (Lipinski definition) is 1. The van der Waals surface area contributed by atoms with E-state index in [1.165, 1.54) is 23.5 Å². The number of rotatable bonds is 4. The van der Waals surface area contributed by atoms with Crippen molar-refractivity contribution in [3.63, 3.8) is 0 Å². The second-order valence-electron chi connectivity index (χ2n) is 4.98. The SMILES string of the molecule is O=S(=O)(NC1(c2ccc(F)cc2)CCC1)c1cccs1. The van der Waals surface area contributed by atoms with Crippen molar-refractivity contribution in [3.05, 3.63) is 53.2 Å². The molecule has 0 atom stereocenters. The van der Waals surface area contributed by atoms with Gasteiger partial charge in [-0.25, -0.2) is 12.8 Å². The molecule has 3 nitrogen and oxygen atoms in total. The fourth-order valence-corrected chi connectivity index (χ4v) is 4.91. The number of halogens is 1. The Morgan fingerprint density at radius 3 is 2.35 bits per heavy atom. The molecule has 1 aliphatic carbocycles. The zero-order chi connectivity index (χ0) is 14.2. The second-order valence-corrected chi connectivity index (χ2v) is 7.84. The summed E-state index contributed by atoms with van der Waals surface area (Å²) in [5, 5.41) is 1.74. The van der Waals surface area contributed by atoms with Crippen LogP contribution >= 0.6 is 11.3 Å². The summed E-state index contributed by atoms with van der Waals surface area (Å²) in [6.07, 6.45) is 2.44. The van der Waals surface area contributed by atoms with Crippen molar-refractivity contribution in [3.8, 4) is 0 Å². The molecule has 0 bridgehead atoms. The van der Waals surface area contributed by atoms with Crippen molar-refractivity contribution in [2.75, 3.05) is 0 Å². The Labute approximate surface area is 121 Å². The van der Waals surface area contributed by atoms with Gasteiger partial charge in [-0.1, -0.05) is 18.2 Å². The largest absolute Gasteiger partial charge is 0.250 e. The molecule has 6 heteroatoms. The Morgan fingerprint density at radius 1 is 1.15 bits per heavy atom. The molecule has 0 saturated heterocycles. The van der Waals surface area contributed by atoms with E-state index in [4.69, 9.17) is 0 Å². The van der Waals surface area contributed by atoms with Gasteiger partial charge in [0, 0.05) is 0 Å². The van der Waals surface area contributed by atoms with Crippen LogP contribution in [0.3, 0.4) is 0 Å². The lowest BCUT2D eigenvalue weighted by Crippen LogP contribution is -2.50. The number of benzene rings is 1. The van der Waals surface area contributed by atoms with Crippen LogP contribution in [0.25, 0.3) is 0 Å². The van der Waals surface area contributed by atoms with Crippen LogP contribution < -0.4 is 4.72 Å². The van der Waals surface area contributed by atoms with Crippen LogP contribution in [-0.4, -0.2) is 8.42 Å². The van der Waals surface area contributed by atoms with Crippen molar-refractivity contribution in [2.24, 2.45) is 0 Å². The van der Waals surface area contributed by atoms with Gasteiger partial charge in [0.15, 0.2) is 0 Å². The molecule has 0 unspecified atom stereocenters. The highest BCUT2D eigenvalue weighted by Gasteiger charge is 2.42.